The first kappa shape index (κ1) is 26.3. The number of benzene rings is 2. The molecule has 9 heteroatoms. The zero-order chi connectivity index (χ0) is 25.5. The number of urea groups is 1. The van der Waals surface area contributed by atoms with Crippen LogP contribution in [0.4, 0.5) is 16.2 Å². The van der Waals surface area contributed by atoms with E-state index >= 15 is 0 Å². The molecule has 3 rings (SSSR count). The number of Topliss-reactive ketones (excluding diaryl/α,β-unsaturated/α-hetero) is 1. The van der Waals surface area contributed by atoms with E-state index in [9.17, 15) is 14.4 Å². The predicted molar refractivity (Wildman–Crippen MR) is 136 cm³/mol. The molecule has 0 bridgehead atoms. The molecule has 3 amide bonds. The SMILES string of the molecule is COc1cc(OC)c(NC(=O)CN2C(=O)N(CC(=O)CCCC(C)C)Cc3ccccc32)cc1Cl. The summed E-state index contributed by atoms with van der Waals surface area (Å²) in [6.45, 7) is 4.35. The van der Waals surface area contributed by atoms with Crippen LogP contribution < -0.4 is 19.7 Å². The van der Waals surface area contributed by atoms with Gasteiger partial charge >= 0.3 is 6.03 Å². The number of para-hydroxylation sites is 1. The van der Waals surface area contributed by atoms with Gasteiger partial charge in [0.15, 0.2) is 5.78 Å². The molecule has 0 unspecified atom stereocenters. The minimum atomic E-state index is -0.433. The van der Waals surface area contributed by atoms with Crippen molar-refractivity contribution in [3.8, 4) is 11.5 Å². The maximum absolute atomic E-state index is 13.3. The molecule has 0 aliphatic carbocycles. The Morgan fingerprint density at radius 1 is 1.09 bits per heavy atom. The van der Waals surface area contributed by atoms with Gasteiger partial charge in [-0.25, -0.2) is 4.79 Å². The summed E-state index contributed by atoms with van der Waals surface area (Å²) in [4.78, 5) is 41.7. The Bertz CT molecular complexity index is 1090. The summed E-state index contributed by atoms with van der Waals surface area (Å²) in [5.74, 6) is 0.895. The fourth-order valence-corrected chi connectivity index (χ4v) is 4.26. The van der Waals surface area contributed by atoms with Gasteiger partial charge in [-0.2, -0.15) is 0 Å². The monoisotopic (exact) mass is 501 g/mol. The first-order chi connectivity index (χ1) is 16.7. The van der Waals surface area contributed by atoms with Crippen molar-refractivity contribution in [3.63, 3.8) is 0 Å². The largest absolute Gasteiger partial charge is 0.495 e. The Morgan fingerprint density at radius 3 is 2.49 bits per heavy atom. The number of ether oxygens (including phenoxy) is 2. The maximum Gasteiger partial charge on any atom is 0.325 e. The number of hydrogen-bond acceptors (Lipinski definition) is 5. The third kappa shape index (κ3) is 6.66. The number of rotatable bonds is 11. The van der Waals surface area contributed by atoms with Crippen LogP contribution in [-0.2, 0) is 16.1 Å². The van der Waals surface area contributed by atoms with E-state index in [4.69, 9.17) is 21.1 Å². The summed E-state index contributed by atoms with van der Waals surface area (Å²) in [6.07, 6.45) is 2.20. The van der Waals surface area contributed by atoms with Gasteiger partial charge < -0.3 is 19.7 Å². The second kappa shape index (κ2) is 11.9. The highest BCUT2D eigenvalue weighted by Gasteiger charge is 2.32. The Labute approximate surface area is 211 Å². The van der Waals surface area contributed by atoms with Gasteiger partial charge in [0, 0.05) is 19.0 Å². The molecule has 2 aromatic rings. The third-order valence-corrected chi connectivity index (χ3v) is 6.09. The predicted octanol–water partition coefficient (Wildman–Crippen LogP) is 5.13. The fraction of sp³-hybridized carbons (Fsp3) is 0.423. The molecule has 1 aliphatic rings. The fourth-order valence-electron chi connectivity index (χ4n) is 4.02. The third-order valence-electron chi connectivity index (χ3n) is 5.80. The van der Waals surface area contributed by atoms with E-state index in [1.165, 1.54) is 30.1 Å². The number of fused-ring (bicyclic) bond motifs is 1. The van der Waals surface area contributed by atoms with Gasteiger partial charge in [0.05, 0.1) is 37.2 Å². The van der Waals surface area contributed by atoms with Gasteiger partial charge in [0.2, 0.25) is 5.91 Å². The van der Waals surface area contributed by atoms with E-state index in [0.717, 1.165) is 18.4 Å². The van der Waals surface area contributed by atoms with E-state index in [-0.39, 0.29) is 24.9 Å². The first-order valence-electron chi connectivity index (χ1n) is 11.6. The normalized spacial score (nSPS) is 13.0. The van der Waals surface area contributed by atoms with Crippen molar-refractivity contribution in [1.29, 1.82) is 0 Å². The van der Waals surface area contributed by atoms with Gasteiger partial charge in [-0.1, -0.05) is 50.1 Å². The summed E-state index contributed by atoms with van der Waals surface area (Å²) < 4.78 is 10.5. The van der Waals surface area contributed by atoms with Crippen molar-refractivity contribution in [3.05, 3.63) is 47.0 Å². The van der Waals surface area contributed by atoms with E-state index < -0.39 is 5.91 Å². The molecule has 1 N–H and O–H groups in total. The molecule has 0 atom stereocenters. The Kier molecular flexibility index (Phi) is 8.98. The minimum Gasteiger partial charge on any atom is -0.495 e. The lowest BCUT2D eigenvalue weighted by Crippen LogP contribution is -2.51. The molecule has 0 spiro atoms. The van der Waals surface area contributed by atoms with E-state index in [1.54, 1.807) is 12.1 Å². The number of anilines is 2. The van der Waals surface area contributed by atoms with Crippen LogP contribution in [0.15, 0.2) is 36.4 Å². The van der Waals surface area contributed by atoms with Crippen molar-refractivity contribution in [2.75, 3.05) is 37.5 Å². The van der Waals surface area contributed by atoms with Crippen molar-refractivity contribution >= 4 is 40.7 Å². The molecule has 35 heavy (non-hydrogen) atoms. The maximum atomic E-state index is 13.3. The van der Waals surface area contributed by atoms with Crippen LogP contribution in [0.5, 0.6) is 11.5 Å². The number of hydrogen-bond donors (Lipinski definition) is 1. The zero-order valence-corrected chi connectivity index (χ0v) is 21.4. The van der Waals surface area contributed by atoms with Crippen molar-refractivity contribution in [2.24, 2.45) is 5.92 Å². The molecule has 0 fully saturated rings. The number of halogens is 1. The molecule has 0 aromatic heterocycles. The van der Waals surface area contributed by atoms with Crippen molar-refractivity contribution < 1.29 is 23.9 Å². The lowest BCUT2D eigenvalue weighted by molar-refractivity contribution is -0.119. The number of nitrogens with zero attached hydrogens (tertiary/aromatic N) is 2. The summed E-state index contributed by atoms with van der Waals surface area (Å²) in [5.41, 5.74) is 1.88. The van der Waals surface area contributed by atoms with Gasteiger partial charge in [0.1, 0.15) is 18.0 Å². The molecule has 8 nitrogen and oxygen atoms in total. The van der Waals surface area contributed by atoms with Crippen LogP contribution in [0.25, 0.3) is 0 Å². The topological polar surface area (TPSA) is 88.2 Å². The van der Waals surface area contributed by atoms with Crippen LogP contribution in [0.3, 0.4) is 0 Å². The van der Waals surface area contributed by atoms with Crippen LogP contribution >= 0.6 is 11.6 Å². The lowest BCUT2D eigenvalue weighted by atomic mass is 10.0. The van der Waals surface area contributed by atoms with Gasteiger partial charge in [-0.15, -0.1) is 0 Å². The van der Waals surface area contributed by atoms with Crippen molar-refractivity contribution in [2.45, 2.75) is 39.7 Å². The number of amides is 3. The lowest BCUT2D eigenvalue weighted by Gasteiger charge is -2.36. The summed E-state index contributed by atoms with van der Waals surface area (Å²) in [7, 11) is 2.96. The van der Waals surface area contributed by atoms with Gasteiger partial charge in [-0.05, 0) is 30.0 Å². The summed E-state index contributed by atoms with van der Waals surface area (Å²) in [5, 5.41) is 3.07. The number of ketones is 1. The van der Waals surface area contributed by atoms with Crippen molar-refractivity contribution in [1.82, 2.24) is 4.90 Å². The average molecular weight is 502 g/mol. The van der Waals surface area contributed by atoms with Crippen LogP contribution in [-0.4, -0.2) is 49.9 Å². The molecule has 188 valence electrons. The van der Waals surface area contributed by atoms with E-state index in [2.05, 4.69) is 19.2 Å². The second-order valence-corrected chi connectivity index (χ2v) is 9.32. The van der Waals surface area contributed by atoms with E-state index in [0.29, 0.717) is 46.8 Å². The van der Waals surface area contributed by atoms with Gasteiger partial charge in [-0.3, -0.25) is 14.5 Å². The average Bonchev–Trinajstić information content (AvgIpc) is 2.81. The highest BCUT2D eigenvalue weighted by atomic mass is 35.5. The number of methoxy groups -OCH3 is 2. The van der Waals surface area contributed by atoms with Crippen LogP contribution in [0.1, 0.15) is 38.7 Å². The Hall–Kier alpha value is -3.26. The molecular formula is C26H32ClN3O5. The smallest absolute Gasteiger partial charge is 0.325 e. The summed E-state index contributed by atoms with van der Waals surface area (Å²) >= 11 is 6.21. The quantitative estimate of drug-likeness (QED) is 0.461. The van der Waals surface area contributed by atoms with Crippen LogP contribution in [0, 0.1) is 5.92 Å². The summed E-state index contributed by atoms with van der Waals surface area (Å²) in [6, 6.07) is 10.1. The highest BCUT2D eigenvalue weighted by Crippen LogP contribution is 2.36. The Morgan fingerprint density at radius 2 is 1.80 bits per heavy atom. The Balaban J connectivity index is 1.75. The van der Waals surface area contributed by atoms with Gasteiger partial charge in [0.25, 0.3) is 0 Å². The molecule has 1 aliphatic heterocycles. The molecule has 0 saturated carbocycles. The number of carbonyl (C=O) groups excluding carboxylic acids is 3. The molecule has 0 saturated heterocycles. The number of carbonyl (C=O) groups is 3. The van der Waals surface area contributed by atoms with E-state index in [1.807, 2.05) is 18.2 Å². The highest BCUT2D eigenvalue weighted by molar-refractivity contribution is 6.32. The molecule has 0 radical (unpaired) electrons. The van der Waals surface area contributed by atoms with Crippen LogP contribution in [0.2, 0.25) is 5.02 Å². The molecule has 1 heterocycles. The molecular weight excluding hydrogens is 470 g/mol. The standard InChI is InChI=1S/C26H32ClN3O5/c1-17(2)8-7-10-19(31)15-29-14-18-9-5-6-11-22(18)30(26(29)33)16-25(32)28-21-12-20(27)23(34-3)13-24(21)35-4/h5-6,9,11-13,17H,7-8,10,14-16H2,1-4H3,(H,28,32). The second-order valence-electron chi connectivity index (χ2n) is 8.91. The minimum absolute atomic E-state index is 0.0143. The number of nitrogens with one attached hydrogen (secondary N) is 1. The zero-order valence-electron chi connectivity index (χ0n) is 20.6. The molecule has 2 aromatic carbocycles. The first-order valence-corrected chi connectivity index (χ1v) is 12.0.